The van der Waals surface area contributed by atoms with Gasteiger partial charge >= 0.3 is 6.03 Å². The van der Waals surface area contributed by atoms with Gasteiger partial charge < -0.3 is 15.5 Å². The van der Waals surface area contributed by atoms with Gasteiger partial charge in [0.15, 0.2) is 0 Å². The highest BCUT2D eigenvalue weighted by molar-refractivity contribution is 7.84. The van der Waals surface area contributed by atoms with Gasteiger partial charge in [-0.15, -0.1) is 0 Å². The Balaban J connectivity index is 1.48. The van der Waals surface area contributed by atoms with Crippen molar-refractivity contribution < 1.29 is 13.8 Å². The van der Waals surface area contributed by atoms with Crippen molar-refractivity contribution in [3.05, 3.63) is 60.2 Å². The minimum Gasteiger partial charge on any atom is -0.349 e. The minimum atomic E-state index is -1.06. The Labute approximate surface area is 161 Å². The van der Waals surface area contributed by atoms with Crippen molar-refractivity contribution in [3.8, 4) is 0 Å². The number of hydrogen-bond acceptors (Lipinski definition) is 3. The van der Waals surface area contributed by atoms with Gasteiger partial charge in [0.05, 0.1) is 0 Å². The van der Waals surface area contributed by atoms with Gasteiger partial charge in [-0.05, 0) is 49.2 Å². The second kappa shape index (κ2) is 8.81. The number of piperidine rings is 1. The van der Waals surface area contributed by atoms with Crippen LogP contribution in [0.4, 0.5) is 10.5 Å². The van der Waals surface area contributed by atoms with Crippen molar-refractivity contribution >= 4 is 28.4 Å². The molecule has 1 aliphatic heterocycles. The van der Waals surface area contributed by atoms with Crippen molar-refractivity contribution in [2.75, 3.05) is 24.7 Å². The Morgan fingerprint density at radius 3 is 2.22 bits per heavy atom. The molecule has 1 saturated heterocycles. The predicted molar refractivity (Wildman–Crippen MR) is 106 cm³/mol. The Morgan fingerprint density at radius 1 is 1.00 bits per heavy atom. The first-order valence-corrected chi connectivity index (χ1v) is 10.4. The summed E-state index contributed by atoms with van der Waals surface area (Å²) in [4.78, 5) is 27.1. The molecule has 3 rings (SSSR count). The van der Waals surface area contributed by atoms with E-state index in [0.29, 0.717) is 36.4 Å². The van der Waals surface area contributed by atoms with E-state index in [1.807, 2.05) is 30.3 Å². The molecule has 142 valence electrons. The summed E-state index contributed by atoms with van der Waals surface area (Å²) in [5.41, 5.74) is 1.32. The molecule has 6 nitrogen and oxygen atoms in total. The molecule has 2 aromatic carbocycles. The molecule has 7 heteroatoms. The van der Waals surface area contributed by atoms with E-state index in [1.165, 1.54) is 0 Å². The van der Waals surface area contributed by atoms with E-state index in [9.17, 15) is 13.8 Å². The molecule has 1 heterocycles. The smallest absolute Gasteiger partial charge is 0.321 e. The van der Waals surface area contributed by atoms with Crippen molar-refractivity contribution in [1.82, 2.24) is 10.2 Å². The highest BCUT2D eigenvalue weighted by Gasteiger charge is 2.24. The van der Waals surface area contributed by atoms with Crippen molar-refractivity contribution in [1.29, 1.82) is 0 Å². The van der Waals surface area contributed by atoms with E-state index in [0.717, 1.165) is 5.69 Å². The summed E-state index contributed by atoms with van der Waals surface area (Å²) in [6, 6.07) is 16.1. The molecule has 3 amide bonds. The SMILES string of the molecule is CS(=O)c1ccc(C(=O)NC2CCN(C(=O)Nc3ccccc3)CC2)cc1. The number of likely N-dealkylation sites (tertiary alicyclic amines) is 1. The van der Waals surface area contributed by atoms with Gasteiger partial charge in [0.25, 0.3) is 5.91 Å². The summed E-state index contributed by atoms with van der Waals surface area (Å²) in [6.07, 6.45) is 3.03. The standard InChI is InChI=1S/C20H23N3O3S/c1-27(26)18-9-7-15(8-10-18)19(24)21-17-11-13-23(14-12-17)20(25)22-16-5-3-2-4-6-16/h2-10,17H,11-14H2,1H3,(H,21,24)(H,22,25). The van der Waals surface area contributed by atoms with Crippen LogP contribution in [0.25, 0.3) is 0 Å². The van der Waals surface area contributed by atoms with E-state index >= 15 is 0 Å². The Bertz CT molecular complexity index is 816. The van der Waals surface area contributed by atoms with Gasteiger partial charge in [-0.1, -0.05) is 18.2 Å². The summed E-state index contributed by atoms with van der Waals surface area (Å²) in [5, 5.41) is 5.90. The summed E-state index contributed by atoms with van der Waals surface area (Å²) in [5.74, 6) is -0.143. The number of hydrogen-bond donors (Lipinski definition) is 2. The number of carbonyl (C=O) groups is 2. The number of amides is 3. The van der Waals surface area contributed by atoms with Gasteiger partial charge in [0, 0.05) is 52.3 Å². The van der Waals surface area contributed by atoms with E-state index < -0.39 is 10.8 Å². The predicted octanol–water partition coefficient (Wildman–Crippen LogP) is 2.85. The molecule has 2 aromatic rings. The average molecular weight is 385 g/mol. The molecule has 1 fully saturated rings. The summed E-state index contributed by atoms with van der Waals surface area (Å²) in [6.45, 7) is 1.19. The highest BCUT2D eigenvalue weighted by atomic mass is 32.2. The quantitative estimate of drug-likeness (QED) is 0.849. The third kappa shape index (κ3) is 5.17. The Kier molecular flexibility index (Phi) is 6.24. The van der Waals surface area contributed by atoms with Crippen LogP contribution in [0.5, 0.6) is 0 Å². The van der Waals surface area contributed by atoms with Crippen LogP contribution in [0.1, 0.15) is 23.2 Å². The summed E-state index contributed by atoms with van der Waals surface area (Å²) >= 11 is 0. The molecule has 0 spiro atoms. The van der Waals surface area contributed by atoms with Gasteiger partial charge in [-0.25, -0.2) is 4.79 Å². The van der Waals surface area contributed by atoms with Gasteiger partial charge in [-0.3, -0.25) is 9.00 Å². The number of rotatable bonds is 4. The van der Waals surface area contributed by atoms with Gasteiger partial charge in [-0.2, -0.15) is 0 Å². The number of nitrogens with one attached hydrogen (secondary N) is 2. The lowest BCUT2D eigenvalue weighted by atomic mass is 10.0. The number of nitrogens with zero attached hydrogens (tertiary/aromatic N) is 1. The van der Waals surface area contributed by atoms with Crippen LogP contribution < -0.4 is 10.6 Å². The second-order valence-electron chi connectivity index (χ2n) is 6.51. The van der Waals surface area contributed by atoms with E-state index in [4.69, 9.17) is 0 Å². The van der Waals surface area contributed by atoms with Crippen LogP contribution in [0, 0.1) is 0 Å². The number of carbonyl (C=O) groups excluding carboxylic acids is 2. The van der Waals surface area contributed by atoms with Crippen LogP contribution in [0.3, 0.4) is 0 Å². The molecule has 0 bridgehead atoms. The molecule has 1 unspecified atom stereocenters. The highest BCUT2D eigenvalue weighted by Crippen LogP contribution is 2.14. The zero-order chi connectivity index (χ0) is 19.2. The normalized spacial score (nSPS) is 15.8. The number of para-hydroxylation sites is 1. The molecule has 0 saturated carbocycles. The molecule has 0 radical (unpaired) electrons. The molecule has 0 aliphatic carbocycles. The zero-order valence-electron chi connectivity index (χ0n) is 15.2. The van der Waals surface area contributed by atoms with Crippen LogP contribution in [0.15, 0.2) is 59.5 Å². The molecule has 1 aliphatic rings. The number of urea groups is 1. The maximum atomic E-state index is 12.4. The topological polar surface area (TPSA) is 78.5 Å². The fourth-order valence-corrected chi connectivity index (χ4v) is 3.54. The number of benzene rings is 2. The summed E-state index contributed by atoms with van der Waals surface area (Å²) in [7, 11) is -1.06. The summed E-state index contributed by atoms with van der Waals surface area (Å²) < 4.78 is 11.4. The maximum Gasteiger partial charge on any atom is 0.321 e. The van der Waals surface area contributed by atoms with Gasteiger partial charge in [0.2, 0.25) is 0 Å². The van der Waals surface area contributed by atoms with E-state index in [1.54, 1.807) is 35.4 Å². The van der Waals surface area contributed by atoms with Crippen LogP contribution >= 0.6 is 0 Å². The molecule has 0 aromatic heterocycles. The average Bonchev–Trinajstić information content (AvgIpc) is 2.69. The largest absolute Gasteiger partial charge is 0.349 e. The first-order valence-electron chi connectivity index (χ1n) is 8.88. The second-order valence-corrected chi connectivity index (χ2v) is 7.89. The minimum absolute atomic E-state index is 0.0401. The fraction of sp³-hybridized carbons (Fsp3) is 0.300. The van der Waals surface area contributed by atoms with E-state index in [-0.39, 0.29) is 18.0 Å². The molecule has 1 atom stereocenters. The first kappa shape index (κ1) is 19.1. The van der Waals surface area contributed by atoms with E-state index in [2.05, 4.69) is 10.6 Å². The third-order valence-corrected chi connectivity index (χ3v) is 5.53. The fourth-order valence-electron chi connectivity index (χ4n) is 3.02. The lowest BCUT2D eigenvalue weighted by Crippen LogP contribution is -2.47. The lowest BCUT2D eigenvalue weighted by molar-refractivity contribution is 0.0919. The third-order valence-electron chi connectivity index (χ3n) is 4.59. The first-order chi connectivity index (χ1) is 13.0. The maximum absolute atomic E-state index is 12.4. The van der Waals surface area contributed by atoms with Crippen molar-refractivity contribution in [2.45, 2.75) is 23.8 Å². The number of anilines is 1. The molecular weight excluding hydrogens is 362 g/mol. The molecular formula is C20H23N3O3S. The Morgan fingerprint density at radius 2 is 1.63 bits per heavy atom. The molecule has 2 N–H and O–H groups in total. The lowest BCUT2D eigenvalue weighted by Gasteiger charge is -2.32. The zero-order valence-corrected chi connectivity index (χ0v) is 16.0. The van der Waals surface area contributed by atoms with Crippen LogP contribution in [-0.4, -0.2) is 46.4 Å². The molecule has 27 heavy (non-hydrogen) atoms. The monoisotopic (exact) mass is 385 g/mol. The Hall–Kier alpha value is -2.67. The van der Waals surface area contributed by atoms with Gasteiger partial charge in [0.1, 0.15) is 0 Å². The van der Waals surface area contributed by atoms with Crippen LogP contribution in [-0.2, 0) is 10.8 Å². The van der Waals surface area contributed by atoms with Crippen molar-refractivity contribution in [2.24, 2.45) is 0 Å². The van der Waals surface area contributed by atoms with Crippen LogP contribution in [0.2, 0.25) is 0 Å². The van der Waals surface area contributed by atoms with Crippen molar-refractivity contribution in [3.63, 3.8) is 0 Å².